The van der Waals surface area contributed by atoms with Crippen LogP contribution in [0.15, 0.2) is 30.3 Å². The zero-order valence-corrected chi connectivity index (χ0v) is 14.1. The van der Waals surface area contributed by atoms with Crippen molar-refractivity contribution in [2.45, 2.75) is 26.8 Å². The van der Waals surface area contributed by atoms with Gasteiger partial charge in [0.1, 0.15) is 0 Å². The summed E-state index contributed by atoms with van der Waals surface area (Å²) in [5, 5.41) is 16.5. The van der Waals surface area contributed by atoms with Crippen LogP contribution >= 0.6 is 0 Å². The Balaban J connectivity index is 2.21. The molecule has 1 heterocycles. The second-order valence-electron chi connectivity index (χ2n) is 5.66. The predicted molar refractivity (Wildman–Crippen MR) is 90.8 cm³/mol. The quantitative estimate of drug-likeness (QED) is 0.851. The van der Waals surface area contributed by atoms with Crippen LogP contribution in [0.1, 0.15) is 18.3 Å². The number of nitrogens with zero attached hydrogens (tertiary/aromatic N) is 3. The zero-order valence-electron chi connectivity index (χ0n) is 14.1. The lowest BCUT2D eigenvalue weighted by Crippen LogP contribution is -2.41. The van der Waals surface area contributed by atoms with Crippen LogP contribution in [-0.2, 0) is 4.79 Å². The summed E-state index contributed by atoms with van der Waals surface area (Å²) in [6.45, 7) is 6.11. The molecule has 0 radical (unpaired) electrons. The molecule has 1 unspecified atom stereocenters. The summed E-state index contributed by atoms with van der Waals surface area (Å²) in [5.74, 6) is -0.111. The first-order valence-corrected chi connectivity index (χ1v) is 7.69. The second kappa shape index (κ2) is 7.39. The number of carbonyl (C=O) groups is 1. The molecule has 0 spiro atoms. The number of aromatic nitrogens is 2. The number of hydrogen-bond acceptors (Lipinski definition) is 4. The van der Waals surface area contributed by atoms with Gasteiger partial charge in [-0.3, -0.25) is 9.69 Å². The van der Waals surface area contributed by atoms with Gasteiger partial charge in [-0.1, -0.05) is 18.2 Å². The molecular weight excluding hydrogens is 292 g/mol. The van der Waals surface area contributed by atoms with Crippen molar-refractivity contribution in [3.63, 3.8) is 0 Å². The van der Waals surface area contributed by atoms with E-state index >= 15 is 0 Å². The summed E-state index contributed by atoms with van der Waals surface area (Å²) in [6, 6.07) is 9.48. The highest BCUT2D eigenvalue weighted by Crippen LogP contribution is 2.23. The number of anilines is 1. The molecule has 0 aliphatic rings. The molecule has 0 bridgehead atoms. The molecule has 0 saturated carbocycles. The molecule has 6 nitrogen and oxygen atoms in total. The summed E-state index contributed by atoms with van der Waals surface area (Å²) >= 11 is 0. The minimum Gasteiger partial charge on any atom is -0.395 e. The highest BCUT2D eigenvalue weighted by atomic mass is 16.3. The van der Waals surface area contributed by atoms with Gasteiger partial charge in [-0.15, -0.1) is 0 Å². The molecule has 2 rings (SSSR count). The first-order valence-electron chi connectivity index (χ1n) is 7.69. The van der Waals surface area contributed by atoms with Gasteiger partial charge in [0.2, 0.25) is 5.91 Å². The van der Waals surface area contributed by atoms with Gasteiger partial charge in [0, 0.05) is 6.54 Å². The number of nitrogens with one attached hydrogen (secondary N) is 1. The number of aliphatic hydroxyl groups excluding tert-OH is 1. The van der Waals surface area contributed by atoms with E-state index in [0.29, 0.717) is 6.54 Å². The lowest BCUT2D eigenvalue weighted by molar-refractivity contribution is -0.120. The maximum absolute atomic E-state index is 12.4. The van der Waals surface area contributed by atoms with Gasteiger partial charge < -0.3 is 10.4 Å². The Labute approximate surface area is 136 Å². The van der Waals surface area contributed by atoms with Gasteiger partial charge in [-0.2, -0.15) is 5.10 Å². The molecule has 0 aliphatic carbocycles. The molecule has 1 atom stereocenters. The third-order valence-electron chi connectivity index (χ3n) is 4.03. The van der Waals surface area contributed by atoms with Crippen LogP contribution < -0.4 is 5.32 Å². The monoisotopic (exact) mass is 316 g/mol. The molecule has 0 saturated heterocycles. The molecule has 2 N–H and O–H groups in total. The van der Waals surface area contributed by atoms with E-state index in [1.165, 1.54) is 0 Å². The lowest BCUT2D eigenvalue weighted by Gasteiger charge is -2.22. The van der Waals surface area contributed by atoms with E-state index in [0.717, 1.165) is 22.8 Å². The van der Waals surface area contributed by atoms with Gasteiger partial charge in [0.15, 0.2) is 0 Å². The molecule has 1 aromatic carbocycles. The maximum atomic E-state index is 12.4. The Bertz CT molecular complexity index is 667. The fraction of sp³-hybridized carbons (Fsp3) is 0.412. The topological polar surface area (TPSA) is 70.4 Å². The highest BCUT2D eigenvalue weighted by Gasteiger charge is 2.21. The molecular formula is C17H24N4O2. The number of amides is 1. The van der Waals surface area contributed by atoms with Crippen molar-refractivity contribution in [3.05, 3.63) is 41.7 Å². The van der Waals surface area contributed by atoms with Gasteiger partial charge in [0.05, 0.1) is 35.4 Å². The van der Waals surface area contributed by atoms with Crippen molar-refractivity contribution in [1.82, 2.24) is 14.7 Å². The SMILES string of the molecule is Cc1nn(-c2ccccc2)c(C)c1NC(=O)C(C)N(C)CCO. The van der Waals surface area contributed by atoms with E-state index in [4.69, 9.17) is 5.11 Å². The third-order valence-corrected chi connectivity index (χ3v) is 4.03. The van der Waals surface area contributed by atoms with E-state index < -0.39 is 0 Å². The Hall–Kier alpha value is -2.18. The Morgan fingerprint density at radius 2 is 2.00 bits per heavy atom. The Morgan fingerprint density at radius 3 is 2.61 bits per heavy atom. The van der Waals surface area contributed by atoms with Crippen LogP contribution in [0.4, 0.5) is 5.69 Å². The van der Waals surface area contributed by atoms with Crippen LogP contribution in [0.3, 0.4) is 0 Å². The standard InChI is InChI=1S/C17H24N4O2/c1-12-16(18-17(23)14(3)20(4)10-11-22)13(2)21(19-12)15-8-6-5-7-9-15/h5-9,14,22H,10-11H2,1-4H3,(H,18,23). The average Bonchev–Trinajstić information content (AvgIpc) is 2.83. The fourth-order valence-electron chi connectivity index (χ4n) is 2.42. The highest BCUT2D eigenvalue weighted by molar-refractivity contribution is 5.95. The number of rotatable bonds is 6. The summed E-state index contributed by atoms with van der Waals surface area (Å²) in [7, 11) is 1.81. The fourth-order valence-corrected chi connectivity index (χ4v) is 2.42. The zero-order chi connectivity index (χ0) is 17.0. The average molecular weight is 316 g/mol. The molecule has 1 aromatic heterocycles. The summed E-state index contributed by atoms with van der Waals surface area (Å²) in [4.78, 5) is 14.2. The van der Waals surface area contributed by atoms with Crippen molar-refractivity contribution < 1.29 is 9.90 Å². The number of aliphatic hydroxyl groups is 1. The Morgan fingerprint density at radius 1 is 1.35 bits per heavy atom. The second-order valence-corrected chi connectivity index (χ2v) is 5.66. The van der Waals surface area contributed by atoms with Crippen molar-refractivity contribution in [2.24, 2.45) is 0 Å². The van der Waals surface area contributed by atoms with Crippen LogP contribution in [0.5, 0.6) is 0 Å². The van der Waals surface area contributed by atoms with E-state index in [2.05, 4.69) is 10.4 Å². The van der Waals surface area contributed by atoms with E-state index in [9.17, 15) is 4.79 Å². The lowest BCUT2D eigenvalue weighted by atomic mass is 10.2. The first-order chi connectivity index (χ1) is 11.0. The maximum Gasteiger partial charge on any atom is 0.241 e. The van der Waals surface area contributed by atoms with Gasteiger partial charge in [-0.25, -0.2) is 4.68 Å². The van der Waals surface area contributed by atoms with Crippen molar-refractivity contribution >= 4 is 11.6 Å². The van der Waals surface area contributed by atoms with Crippen LogP contribution in [-0.4, -0.2) is 51.9 Å². The molecule has 6 heteroatoms. The minimum absolute atomic E-state index is 0.0259. The molecule has 1 amide bonds. The predicted octanol–water partition coefficient (Wildman–Crippen LogP) is 1.74. The van der Waals surface area contributed by atoms with Gasteiger partial charge in [0.25, 0.3) is 0 Å². The number of likely N-dealkylation sites (N-methyl/N-ethyl adjacent to an activating group) is 1. The number of carbonyl (C=O) groups excluding carboxylic acids is 1. The summed E-state index contributed by atoms with van der Waals surface area (Å²) < 4.78 is 1.83. The van der Waals surface area contributed by atoms with Crippen molar-refractivity contribution in [3.8, 4) is 5.69 Å². The molecule has 0 aliphatic heterocycles. The van der Waals surface area contributed by atoms with Gasteiger partial charge >= 0.3 is 0 Å². The minimum atomic E-state index is -0.332. The normalized spacial score (nSPS) is 12.4. The van der Waals surface area contributed by atoms with E-state index in [-0.39, 0.29) is 18.6 Å². The largest absolute Gasteiger partial charge is 0.395 e. The number of hydrogen-bond donors (Lipinski definition) is 2. The third kappa shape index (κ3) is 3.78. The molecule has 2 aromatic rings. The smallest absolute Gasteiger partial charge is 0.241 e. The van der Waals surface area contributed by atoms with Crippen LogP contribution in [0, 0.1) is 13.8 Å². The van der Waals surface area contributed by atoms with Crippen LogP contribution in [0.2, 0.25) is 0 Å². The Kier molecular flexibility index (Phi) is 5.52. The molecule has 0 fully saturated rings. The van der Waals surface area contributed by atoms with E-state index in [1.54, 1.807) is 0 Å². The summed E-state index contributed by atoms with van der Waals surface area (Å²) in [5.41, 5.74) is 3.36. The molecule has 124 valence electrons. The number of para-hydroxylation sites is 1. The first kappa shape index (κ1) is 17.2. The van der Waals surface area contributed by atoms with Gasteiger partial charge in [-0.05, 0) is 40.0 Å². The number of benzene rings is 1. The van der Waals surface area contributed by atoms with E-state index in [1.807, 2.05) is 67.7 Å². The number of aryl methyl sites for hydroxylation is 1. The van der Waals surface area contributed by atoms with Crippen molar-refractivity contribution in [1.29, 1.82) is 0 Å². The summed E-state index contributed by atoms with van der Waals surface area (Å²) in [6.07, 6.45) is 0. The molecule has 23 heavy (non-hydrogen) atoms. The van der Waals surface area contributed by atoms with Crippen molar-refractivity contribution in [2.75, 3.05) is 25.5 Å². The van der Waals surface area contributed by atoms with Crippen LogP contribution in [0.25, 0.3) is 5.69 Å².